The van der Waals surface area contributed by atoms with Gasteiger partial charge in [0.25, 0.3) is 0 Å². The average molecular weight is 270 g/mol. The highest BCUT2D eigenvalue weighted by Gasteiger charge is 2.16. The van der Waals surface area contributed by atoms with Gasteiger partial charge in [-0.15, -0.1) is 0 Å². The minimum Gasteiger partial charge on any atom is -0.486 e. The molecule has 1 heterocycles. The number of hydrogen-bond donors (Lipinski definition) is 0. The second-order valence-corrected chi connectivity index (χ2v) is 5.73. The molecule has 106 valence electrons. The van der Waals surface area contributed by atoms with Crippen molar-refractivity contribution < 1.29 is 4.74 Å². The van der Waals surface area contributed by atoms with E-state index in [9.17, 15) is 0 Å². The van der Waals surface area contributed by atoms with Gasteiger partial charge < -0.3 is 4.74 Å². The molecule has 1 aromatic carbocycles. The molecule has 0 saturated heterocycles. The van der Waals surface area contributed by atoms with Gasteiger partial charge in [0, 0.05) is 0 Å². The molecule has 1 aliphatic rings. The van der Waals surface area contributed by atoms with Crippen LogP contribution in [0.4, 0.5) is 0 Å². The molecule has 0 unspecified atom stereocenters. The SMILES string of the molecule is Cc1cccc(COc2cnn(C3CCCCC3)c2)c1. The van der Waals surface area contributed by atoms with Crippen LogP contribution in [0.3, 0.4) is 0 Å². The van der Waals surface area contributed by atoms with E-state index in [2.05, 4.69) is 41.0 Å². The van der Waals surface area contributed by atoms with Gasteiger partial charge in [-0.25, -0.2) is 0 Å². The first-order chi connectivity index (χ1) is 9.81. The lowest BCUT2D eigenvalue weighted by Gasteiger charge is -2.21. The lowest BCUT2D eigenvalue weighted by atomic mass is 9.96. The van der Waals surface area contributed by atoms with Gasteiger partial charge in [0.05, 0.1) is 18.4 Å². The van der Waals surface area contributed by atoms with Crippen LogP contribution in [0.25, 0.3) is 0 Å². The number of aromatic nitrogens is 2. The van der Waals surface area contributed by atoms with E-state index < -0.39 is 0 Å². The number of nitrogens with zero attached hydrogens (tertiary/aromatic N) is 2. The van der Waals surface area contributed by atoms with Gasteiger partial charge in [0.15, 0.2) is 5.75 Å². The summed E-state index contributed by atoms with van der Waals surface area (Å²) in [5.74, 6) is 0.872. The fourth-order valence-electron chi connectivity index (χ4n) is 2.91. The van der Waals surface area contributed by atoms with Crippen LogP contribution in [-0.2, 0) is 6.61 Å². The van der Waals surface area contributed by atoms with Gasteiger partial charge in [-0.1, -0.05) is 49.1 Å². The lowest BCUT2D eigenvalue weighted by molar-refractivity contribution is 0.301. The third-order valence-electron chi connectivity index (χ3n) is 4.01. The minimum atomic E-state index is 0.570. The maximum atomic E-state index is 5.84. The summed E-state index contributed by atoms with van der Waals surface area (Å²) in [4.78, 5) is 0. The van der Waals surface area contributed by atoms with E-state index in [-0.39, 0.29) is 0 Å². The molecule has 1 aromatic heterocycles. The summed E-state index contributed by atoms with van der Waals surface area (Å²) in [6.45, 7) is 2.71. The first-order valence-electron chi connectivity index (χ1n) is 7.54. The summed E-state index contributed by atoms with van der Waals surface area (Å²) in [5, 5.41) is 4.46. The Morgan fingerprint density at radius 1 is 1.25 bits per heavy atom. The Morgan fingerprint density at radius 2 is 2.10 bits per heavy atom. The molecule has 1 aliphatic carbocycles. The van der Waals surface area contributed by atoms with Gasteiger partial charge in [-0.05, 0) is 25.3 Å². The van der Waals surface area contributed by atoms with Crippen LogP contribution in [0.2, 0.25) is 0 Å². The van der Waals surface area contributed by atoms with E-state index >= 15 is 0 Å². The largest absolute Gasteiger partial charge is 0.486 e. The molecular formula is C17H22N2O. The van der Waals surface area contributed by atoms with Crippen molar-refractivity contribution in [1.29, 1.82) is 0 Å². The van der Waals surface area contributed by atoms with Crippen LogP contribution < -0.4 is 4.74 Å². The van der Waals surface area contributed by atoms with Crippen molar-refractivity contribution in [2.75, 3.05) is 0 Å². The highest BCUT2D eigenvalue weighted by molar-refractivity contribution is 5.22. The predicted molar refractivity (Wildman–Crippen MR) is 79.9 cm³/mol. The van der Waals surface area contributed by atoms with Crippen molar-refractivity contribution in [3.63, 3.8) is 0 Å². The van der Waals surface area contributed by atoms with E-state index in [1.807, 2.05) is 12.4 Å². The molecule has 0 N–H and O–H groups in total. The summed E-state index contributed by atoms with van der Waals surface area (Å²) in [7, 11) is 0. The molecule has 0 spiro atoms. The quantitative estimate of drug-likeness (QED) is 0.829. The third-order valence-corrected chi connectivity index (χ3v) is 4.01. The number of benzene rings is 1. The maximum absolute atomic E-state index is 5.84. The topological polar surface area (TPSA) is 27.1 Å². The van der Waals surface area contributed by atoms with Crippen molar-refractivity contribution in [2.24, 2.45) is 0 Å². The second kappa shape index (κ2) is 6.12. The van der Waals surface area contributed by atoms with Crippen molar-refractivity contribution in [3.05, 3.63) is 47.8 Å². The summed E-state index contributed by atoms with van der Waals surface area (Å²) < 4.78 is 7.92. The Labute approximate surface area is 120 Å². The van der Waals surface area contributed by atoms with Crippen molar-refractivity contribution >= 4 is 0 Å². The zero-order valence-electron chi connectivity index (χ0n) is 12.1. The molecule has 1 saturated carbocycles. The van der Waals surface area contributed by atoms with Crippen molar-refractivity contribution in [3.8, 4) is 5.75 Å². The van der Waals surface area contributed by atoms with E-state index in [0.717, 1.165) is 5.75 Å². The Bertz CT molecular complexity index is 556. The smallest absolute Gasteiger partial charge is 0.157 e. The van der Waals surface area contributed by atoms with Gasteiger partial charge in [-0.2, -0.15) is 5.10 Å². The molecule has 0 atom stereocenters. The summed E-state index contributed by atoms with van der Waals surface area (Å²) in [5.41, 5.74) is 2.47. The van der Waals surface area contributed by atoms with Crippen LogP contribution in [-0.4, -0.2) is 9.78 Å². The average Bonchev–Trinajstić information content (AvgIpc) is 2.95. The van der Waals surface area contributed by atoms with Crippen molar-refractivity contribution in [1.82, 2.24) is 9.78 Å². The molecular weight excluding hydrogens is 248 g/mol. The molecule has 2 aromatic rings. The molecule has 20 heavy (non-hydrogen) atoms. The molecule has 3 heteroatoms. The van der Waals surface area contributed by atoms with Gasteiger partial charge in [0.2, 0.25) is 0 Å². The highest BCUT2D eigenvalue weighted by atomic mass is 16.5. The monoisotopic (exact) mass is 270 g/mol. The maximum Gasteiger partial charge on any atom is 0.157 e. The number of hydrogen-bond acceptors (Lipinski definition) is 2. The van der Waals surface area contributed by atoms with Crippen LogP contribution in [0.5, 0.6) is 5.75 Å². The highest BCUT2D eigenvalue weighted by Crippen LogP contribution is 2.28. The number of aryl methyl sites for hydroxylation is 1. The summed E-state index contributed by atoms with van der Waals surface area (Å²) in [6, 6.07) is 8.99. The molecule has 0 aliphatic heterocycles. The fraction of sp³-hybridized carbons (Fsp3) is 0.471. The van der Waals surface area contributed by atoms with Crippen LogP contribution in [0, 0.1) is 6.92 Å². The zero-order valence-corrected chi connectivity index (χ0v) is 12.1. The van der Waals surface area contributed by atoms with Crippen LogP contribution >= 0.6 is 0 Å². The Morgan fingerprint density at radius 3 is 2.90 bits per heavy atom. The molecule has 3 nitrogen and oxygen atoms in total. The van der Waals surface area contributed by atoms with Gasteiger partial charge in [0.1, 0.15) is 6.61 Å². The lowest BCUT2D eigenvalue weighted by Crippen LogP contribution is -2.12. The second-order valence-electron chi connectivity index (χ2n) is 5.73. The first kappa shape index (κ1) is 13.2. The van der Waals surface area contributed by atoms with E-state index in [1.54, 1.807) is 0 Å². The Kier molecular flexibility index (Phi) is 4.05. The molecule has 0 bridgehead atoms. The standard InChI is InChI=1S/C17H22N2O/c1-14-6-5-7-15(10-14)13-20-17-11-18-19(12-17)16-8-3-2-4-9-16/h5-7,10-12,16H,2-4,8-9,13H2,1H3. The third kappa shape index (κ3) is 3.21. The van der Waals surface area contributed by atoms with E-state index in [1.165, 1.54) is 43.2 Å². The predicted octanol–water partition coefficient (Wildman–Crippen LogP) is 4.28. The molecule has 0 amide bonds. The minimum absolute atomic E-state index is 0.570. The molecule has 0 radical (unpaired) electrons. The summed E-state index contributed by atoms with van der Waals surface area (Å²) in [6.07, 6.45) is 10.4. The summed E-state index contributed by atoms with van der Waals surface area (Å²) >= 11 is 0. The van der Waals surface area contributed by atoms with Crippen LogP contribution in [0.15, 0.2) is 36.7 Å². The van der Waals surface area contributed by atoms with E-state index in [0.29, 0.717) is 12.6 Å². The van der Waals surface area contributed by atoms with E-state index in [4.69, 9.17) is 4.74 Å². The number of rotatable bonds is 4. The Balaban J connectivity index is 1.59. The molecule has 1 fully saturated rings. The Hall–Kier alpha value is -1.77. The van der Waals surface area contributed by atoms with Crippen LogP contribution in [0.1, 0.15) is 49.3 Å². The zero-order chi connectivity index (χ0) is 13.8. The fourth-order valence-corrected chi connectivity index (χ4v) is 2.91. The molecule has 3 rings (SSSR count). The van der Waals surface area contributed by atoms with Gasteiger partial charge in [-0.3, -0.25) is 4.68 Å². The first-order valence-corrected chi connectivity index (χ1v) is 7.54. The number of ether oxygens (including phenoxy) is 1. The van der Waals surface area contributed by atoms with Crippen molar-refractivity contribution in [2.45, 2.75) is 51.7 Å². The normalized spacial score (nSPS) is 16.2. The van der Waals surface area contributed by atoms with Gasteiger partial charge >= 0.3 is 0 Å².